The van der Waals surface area contributed by atoms with E-state index in [1.165, 1.54) is 11.3 Å². The van der Waals surface area contributed by atoms with Gasteiger partial charge in [-0.25, -0.2) is 15.0 Å². The summed E-state index contributed by atoms with van der Waals surface area (Å²) in [4.78, 5) is 30.8. The molecule has 3 N–H and O–H groups in total. The SMILES string of the molecule is CC1(C)Cc2cnc(N)nc2C2=C1C(C(=O)Nc1nc(-c3ccccc3)cs1)=NC2. The topological polar surface area (TPSA) is 106 Å². The fourth-order valence-electron chi connectivity index (χ4n) is 4.17. The average Bonchev–Trinajstić information content (AvgIpc) is 3.37. The van der Waals surface area contributed by atoms with Gasteiger partial charge in [-0.3, -0.25) is 15.1 Å². The number of nitrogens with two attached hydrogens (primary N) is 1. The van der Waals surface area contributed by atoms with Gasteiger partial charge in [-0.2, -0.15) is 0 Å². The molecule has 1 aliphatic carbocycles. The van der Waals surface area contributed by atoms with Crippen molar-refractivity contribution in [3.8, 4) is 11.3 Å². The van der Waals surface area contributed by atoms with Gasteiger partial charge in [-0.1, -0.05) is 44.2 Å². The molecular weight excluding hydrogens is 396 g/mol. The minimum Gasteiger partial charge on any atom is -0.368 e. The lowest BCUT2D eigenvalue weighted by Gasteiger charge is -2.33. The van der Waals surface area contributed by atoms with Gasteiger partial charge in [-0.15, -0.1) is 11.3 Å². The van der Waals surface area contributed by atoms with Gasteiger partial charge in [0.15, 0.2) is 5.13 Å². The van der Waals surface area contributed by atoms with Crippen molar-refractivity contribution in [3.05, 3.63) is 58.7 Å². The lowest BCUT2D eigenvalue weighted by atomic mass is 9.70. The third kappa shape index (κ3) is 3.09. The van der Waals surface area contributed by atoms with Crippen LogP contribution in [0.15, 0.2) is 52.5 Å². The van der Waals surface area contributed by atoms with Crippen molar-refractivity contribution in [3.63, 3.8) is 0 Å². The highest BCUT2D eigenvalue weighted by Crippen LogP contribution is 2.45. The molecule has 0 unspecified atom stereocenters. The number of fused-ring (bicyclic) bond motifs is 2. The van der Waals surface area contributed by atoms with E-state index in [-0.39, 0.29) is 17.3 Å². The molecule has 30 heavy (non-hydrogen) atoms. The van der Waals surface area contributed by atoms with E-state index in [0.717, 1.165) is 40.1 Å². The smallest absolute Gasteiger partial charge is 0.275 e. The number of nitrogens with zero attached hydrogens (tertiary/aromatic N) is 4. The van der Waals surface area contributed by atoms with E-state index in [4.69, 9.17) is 5.73 Å². The van der Waals surface area contributed by atoms with Gasteiger partial charge in [0.05, 0.1) is 17.9 Å². The molecule has 0 saturated heterocycles. The number of anilines is 2. The zero-order chi connectivity index (χ0) is 20.9. The van der Waals surface area contributed by atoms with E-state index >= 15 is 0 Å². The number of aliphatic imine (C=N–C) groups is 1. The third-order valence-electron chi connectivity index (χ3n) is 5.42. The molecule has 150 valence electrons. The van der Waals surface area contributed by atoms with Gasteiger partial charge in [0.25, 0.3) is 5.91 Å². The fraction of sp³-hybridized carbons (Fsp3) is 0.227. The molecule has 0 radical (unpaired) electrons. The molecule has 1 aliphatic heterocycles. The Balaban J connectivity index is 1.44. The van der Waals surface area contributed by atoms with E-state index in [2.05, 4.69) is 39.1 Å². The van der Waals surface area contributed by atoms with Gasteiger partial charge < -0.3 is 5.73 Å². The Labute approximate surface area is 177 Å². The normalized spacial score (nSPS) is 16.7. The van der Waals surface area contributed by atoms with Crippen molar-refractivity contribution in [1.82, 2.24) is 15.0 Å². The van der Waals surface area contributed by atoms with E-state index < -0.39 is 0 Å². The number of rotatable bonds is 3. The maximum Gasteiger partial charge on any atom is 0.275 e. The van der Waals surface area contributed by atoms with Crippen LogP contribution in [0.3, 0.4) is 0 Å². The number of nitrogens with one attached hydrogen (secondary N) is 1. The molecule has 0 fully saturated rings. The van der Waals surface area contributed by atoms with Crippen molar-refractivity contribution in [2.75, 3.05) is 17.6 Å². The van der Waals surface area contributed by atoms with Crippen LogP contribution in [0, 0.1) is 5.41 Å². The molecule has 8 heteroatoms. The molecule has 0 spiro atoms. The van der Waals surface area contributed by atoms with Crippen LogP contribution in [-0.2, 0) is 11.2 Å². The van der Waals surface area contributed by atoms with Crippen LogP contribution in [-0.4, -0.2) is 33.1 Å². The second kappa shape index (κ2) is 6.84. The van der Waals surface area contributed by atoms with Gasteiger partial charge >= 0.3 is 0 Å². The second-order valence-corrected chi connectivity index (χ2v) is 8.90. The highest BCUT2D eigenvalue weighted by Gasteiger charge is 2.41. The highest BCUT2D eigenvalue weighted by molar-refractivity contribution is 7.14. The number of benzene rings is 1. The summed E-state index contributed by atoms with van der Waals surface area (Å²) in [5, 5.41) is 5.42. The Kier molecular flexibility index (Phi) is 4.25. The number of carbonyl (C=O) groups is 1. The fourth-order valence-corrected chi connectivity index (χ4v) is 4.89. The van der Waals surface area contributed by atoms with E-state index in [9.17, 15) is 4.79 Å². The highest BCUT2D eigenvalue weighted by atomic mass is 32.1. The van der Waals surface area contributed by atoms with Crippen LogP contribution in [0.2, 0.25) is 0 Å². The van der Waals surface area contributed by atoms with Crippen molar-refractivity contribution >= 4 is 39.6 Å². The summed E-state index contributed by atoms with van der Waals surface area (Å²) in [6.07, 6.45) is 2.51. The summed E-state index contributed by atoms with van der Waals surface area (Å²) in [7, 11) is 0. The van der Waals surface area contributed by atoms with Gasteiger partial charge in [-0.05, 0) is 23.0 Å². The van der Waals surface area contributed by atoms with Crippen LogP contribution < -0.4 is 11.1 Å². The second-order valence-electron chi connectivity index (χ2n) is 8.04. The lowest BCUT2D eigenvalue weighted by Crippen LogP contribution is -2.33. The van der Waals surface area contributed by atoms with Gasteiger partial charge in [0.2, 0.25) is 5.95 Å². The molecule has 1 aromatic carbocycles. The first-order valence-electron chi connectivity index (χ1n) is 9.65. The van der Waals surface area contributed by atoms with E-state index in [1.54, 1.807) is 6.20 Å². The quantitative estimate of drug-likeness (QED) is 0.678. The predicted molar refractivity (Wildman–Crippen MR) is 119 cm³/mol. The summed E-state index contributed by atoms with van der Waals surface area (Å²) in [5.41, 5.74) is 11.6. The number of hydrogen-bond acceptors (Lipinski definition) is 7. The summed E-state index contributed by atoms with van der Waals surface area (Å²) in [5.74, 6) is -0.0121. The molecule has 2 aromatic heterocycles. The molecule has 3 heterocycles. The van der Waals surface area contributed by atoms with Crippen LogP contribution in [0.5, 0.6) is 0 Å². The van der Waals surface area contributed by atoms with Crippen molar-refractivity contribution in [2.24, 2.45) is 10.4 Å². The van der Waals surface area contributed by atoms with Crippen molar-refractivity contribution < 1.29 is 4.79 Å². The van der Waals surface area contributed by atoms with Crippen LogP contribution in [0.1, 0.15) is 25.1 Å². The molecule has 0 saturated carbocycles. The zero-order valence-corrected chi connectivity index (χ0v) is 17.5. The molecular formula is C22H20N6OS. The Morgan fingerprint density at radius 2 is 2.00 bits per heavy atom. The minimum absolute atomic E-state index is 0.231. The Hall–Kier alpha value is -3.39. The Morgan fingerprint density at radius 3 is 2.80 bits per heavy atom. The first-order chi connectivity index (χ1) is 14.4. The Morgan fingerprint density at radius 1 is 1.20 bits per heavy atom. The number of hydrogen-bond donors (Lipinski definition) is 2. The molecule has 1 amide bonds. The lowest BCUT2D eigenvalue weighted by molar-refractivity contribution is -0.110. The molecule has 3 aromatic rings. The zero-order valence-electron chi connectivity index (χ0n) is 16.6. The molecule has 0 atom stereocenters. The van der Waals surface area contributed by atoms with E-state index in [1.807, 2.05) is 35.7 Å². The summed E-state index contributed by atoms with van der Waals surface area (Å²) < 4.78 is 0. The van der Waals surface area contributed by atoms with Gasteiger partial charge in [0, 0.05) is 22.7 Å². The number of amides is 1. The monoisotopic (exact) mass is 416 g/mol. The molecule has 7 nitrogen and oxygen atoms in total. The average molecular weight is 417 g/mol. The van der Waals surface area contributed by atoms with E-state index in [0.29, 0.717) is 17.4 Å². The largest absolute Gasteiger partial charge is 0.368 e. The van der Waals surface area contributed by atoms with Crippen LogP contribution in [0.4, 0.5) is 11.1 Å². The summed E-state index contributed by atoms with van der Waals surface area (Å²) in [6, 6.07) is 9.88. The summed E-state index contributed by atoms with van der Waals surface area (Å²) >= 11 is 1.40. The van der Waals surface area contributed by atoms with Crippen molar-refractivity contribution in [1.29, 1.82) is 0 Å². The first kappa shape index (κ1) is 18.6. The number of nitrogen functional groups attached to an aromatic ring is 1. The standard InChI is InChI=1S/C22H20N6OS/c1-22(2)8-13-9-25-20(23)27-17(13)14-10-24-18(16(14)22)19(29)28-21-26-15(11-30-21)12-6-4-3-5-7-12/h3-7,9,11H,8,10H2,1-2H3,(H2,23,25,27)(H,26,28,29). The van der Waals surface area contributed by atoms with Crippen molar-refractivity contribution in [2.45, 2.75) is 20.3 Å². The molecule has 2 aliphatic rings. The molecule has 5 rings (SSSR count). The van der Waals surface area contributed by atoms with Crippen LogP contribution in [0.25, 0.3) is 16.8 Å². The summed E-state index contributed by atoms with van der Waals surface area (Å²) in [6.45, 7) is 4.65. The number of carbonyl (C=O) groups excluding carboxylic acids is 1. The predicted octanol–water partition coefficient (Wildman–Crippen LogP) is 3.61. The third-order valence-corrected chi connectivity index (χ3v) is 6.18. The van der Waals surface area contributed by atoms with Gasteiger partial charge in [0.1, 0.15) is 5.71 Å². The number of aromatic nitrogens is 3. The number of thiazole rings is 1. The maximum atomic E-state index is 13.1. The first-order valence-corrected chi connectivity index (χ1v) is 10.5. The molecule has 0 bridgehead atoms. The Bertz CT molecular complexity index is 1230. The van der Waals surface area contributed by atoms with Crippen LogP contribution >= 0.6 is 11.3 Å². The minimum atomic E-state index is -0.257. The maximum absolute atomic E-state index is 13.1.